The standard InChI is InChI=1S/C10H8N4O4/c11-7-8(10(12)15)13-18-9(7)5-1-3-6(4-2-5)14(16)17/h1-4H,11H2,(H2,12,15). The van der Waals surface area contributed by atoms with Crippen molar-refractivity contribution in [1.82, 2.24) is 5.16 Å². The van der Waals surface area contributed by atoms with E-state index in [1.165, 1.54) is 24.3 Å². The number of primary amides is 1. The second-order valence-electron chi connectivity index (χ2n) is 3.44. The van der Waals surface area contributed by atoms with Crippen molar-refractivity contribution in [2.45, 2.75) is 0 Å². The van der Waals surface area contributed by atoms with Gasteiger partial charge >= 0.3 is 0 Å². The van der Waals surface area contributed by atoms with Gasteiger partial charge in [0.15, 0.2) is 11.5 Å². The van der Waals surface area contributed by atoms with Crippen LogP contribution in [0.15, 0.2) is 28.8 Å². The van der Waals surface area contributed by atoms with Crippen molar-refractivity contribution in [3.05, 3.63) is 40.1 Å². The van der Waals surface area contributed by atoms with Crippen LogP contribution < -0.4 is 11.5 Å². The third kappa shape index (κ3) is 1.86. The summed E-state index contributed by atoms with van der Waals surface area (Å²) in [6.45, 7) is 0. The van der Waals surface area contributed by atoms with Crippen LogP contribution in [-0.4, -0.2) is 16.0 Å². The molecular weight excluding hydrogens is 240 g/mol. The van der Waals surface area contributed by atoms with Crippen molar-refractivity contribution in [2.24, 2.45) is 5.73 Å². The predicted molar refractivity (Wildman–Crippen MR) is 61.5 cm³/mol. The summed E-state index contributed by atoms with van der Waals surface area (Å²) in [5, 5.41) is 13.9. The van der Waals surface area contributed by atoms with Crippen LogP contribution >= 0.6 is 0 Å². The summed E-state index contributed by atoms with van der Waals surface area (Å²) in [4.78, 5) is 20.9. The van der Waals surface area contributed by atoms with Crippen LogP contribution in [0, 0.1) is 10.1 Å². The fourth-order valence-corrected chi connectivity index (χ4v) is 1.42. The number of amides is 1. The summed E-state index contributed by atoms with van der Waals surface area (Å²) in [5.74, 6) is -0.650. The van der Waals surface area contributed by atoms with E-state index in [2.05, 4.69) is 5.16 Å². The van der Waals surface area contributed by atoms with Crippen molar-refractivity contribution in [2.75, 3.05) is 5.73 Å². The minimum Gasteiger partial charge on any atom is -0.394 e. The smallest absolute Gasteiger partial charge is 0.273 e. The van der Waals surface area contributed by atoms with E-state index in [-0.39, 0.29) is 22.8 Å². The largest absolute Gasteiger partial charge is 0.394 e. The van der Waals surface area contributed by atoms with E-state index in [9.17, 15) is 14.9 Å². The minimum absolute atomic E-state index is 0.0105. The van der Waals surface area contributed by atoms with Crippen molar-refractivity contribution >= 4 is 17.3 Å². The number of aromatic nitrogens is 1. The zero-order valence-electron chi connectivity index (χ0n) is 8.99. The number of nitrogens with two attached hydrogens (primary N) is 2. The molecule has 1 aromatic carbocycles. The lowest BCUT2D eigenvalue weighted by Gasteiger charge is -1.97. The van der Waals surface area contributed by atoms with E-state index in [0.717, 1.165) is 0 Å². The quantitative estimate of drug-likeness (QED) is 0.611. The SMILES string of the molecule is NC(=O)c1noc(-c2ccc([N+](=O)[O-])cc2)c1N. The average Bonchev–Trinajstić information content (AvgIpc) is 2.71. The lowest BCUT2D eigenvalue weighted by molar-refractivity contribution is -0.384. The number of nitro groups is 1. The molecule has 1 heterocycles. The Balaban J connectivity index is 2.43. The minimum atomic E-state index is -0.801. The first-order chi connectivity index (χ1) is 8.50. The number of nitrogens with zero attached hydrogens (tertiary/aromatic N) is 2. The molecule has 18 heavy (non-hydrogen) atoms. The number of rotatable bonds is 3. The summed E-state index contributed by atoms with van der Waals surface area (Å²) in [6.07, 6.45) is 0. The first-order valence-electron chi connectivity index (χ1n) is 4.80. The van der Waals surface area contributed by atoms with Gasteiger partial charge in [-0.05, 0) is 12.1 Å². The van der Waals surface area contributed by atoms with Crippen molar-refractivity contribution < 1.29 is 14.2 Å². The van der Waals surface area contributed by atoms with Crippen LogP contribution in [0.1, 0.15) is 10.5 Å². The molecule has 1 amide bonds. The second kappa shape index (κ2) is 4.17. The fourth-order valence-electron chi connectivity index (χ4n) is 1.42. The van der Waals surface area contributed by atoms with Gasteiger partial charge in [-0.15, -0.1) is 0 Å². The average molecular weight is 248 g/mol. The topological polar surface area (TPSA) is 138 Å². The molecule has 0 spiro atoms. The number of non-ortho nitro benzene ring substituents is 1. The van der Waals surface area contributed by atoms with E-state index < -0.39 is 10.8 Å². The Morgan fingerprint density at radius 3 is 2.39 bits per heavy atom. The number of carbonyl (C=O) groups excluding carboxylic acids is 1. The summed E-state index contributed by atoms with van der Waals surface area (Å²) >= 11 is 0. The highest BCUT2D eigenvalue weighted by atomic mass is 16.6. The fraction of sp³-hybridized carbons (Fsp3) is 0. The van der Waals surface area contributed by atoms with E-state index in [0.29, 0.717) is 5.56 Å². The number of nitrogen functional groups attached to an aromatic ring is 1. The van der Waals surface area contributed by atoms with Gasteiger partial charge < -0.3 is 16.0 Å². The Bertz CT molecular complexity index is 617. The molecule has 0 unspecified atom stereocenters. The van der Waals surface area contributed by atoms with Crippen LogP contribution in [0.5, 0.6) is 0 Å². The molecule has 0 radical (unpaired) electrons. The molecule has 0 saturated carbocycles. The molecule has 0 atom stereocenters. The molecule has 8 nitrogen and oxygen atoms in total. The van der Waals surface area contributed by atoms with Gasteiger partial charge in [-0.25, -0.2) is 0 Å². The maximum absolute atomic E-state index is 10.9. The molecule has 0 fully saturated rings. The highest BCUT2D eigenvalue weighted by Crippen LogP contribution is 2.29. The summed E-state index contributed by atoms with van der Waals surface area (Å²) in [6, 6.07) is 5.47. The van der Waals surface area contributed by atoms with Gasteiger partial charge in [-0.2, -0.15) is 0 Å². The summed E-state index contributed by atoms with van der Waals surface area (Å²) in [5.41, 5.74) is 10.9. The molecule has 0 aliphatic carbocycles. The van der Waals surface area contributed by atoms with E-state index >= 15 is 0 Å². The highest BCUT2D eigenvalue weighted by Gasteiger charge is 2.19. The van der Waals surface area contributed by atoms with Crippen LogP contribution in [0.2, 0.25) is 0 Å². The molecule has 92 valence electrons. The zero-order chi connectivity index (χ0) is 13.3. The highest BCUT2D eigenvalue weighted by molar-refractivity contribution is 5.98. The summed E-state index contributed by atoms with van der Waals surface area (Å²) in [7, 11) is 0. The van der Waals surface area contributed by atoms with Gasteiger partial charge in [-0.1, -0.05) is 5.16 Å². The van der Waals surface area contributed by atoms with Crippen LogP contribution in [0.4, 0.5) is 11.4 Å². The van der Waals surface area contributed by atoms with Crippen molar-refractivity contribution in [3.63, 3.8) is 0 Å². The number of hydrogen-bond acceptors (Lipinski definition) is 6. The molecule has 1 aromatic heterocycles. The molecule has 8 heteroatoms. The summed E-state index contributed by atoms with van der Waals surface area (Å²) < 4.78 is 4.90. The molecule has 0 aliphatic heterocycles. The van der Waals surface area contributed by atoms with Gasteiger partial charge in [0.1, 0.15) is 5.69 Å². The van der Waals surface area contributed by atoms with E-state index in [1.54, 1.807) is 0 Å². The molecule has 0 bridgehead atoms. The monoisotopic (exact) mass is 248 g/mol. The van der Waals surface area contributed by atoms with Crippen molar-refractivity contribution in [1.29, 1.82) is 0 Å². The molecule has 4 N–H and O–H groups in total. The number of hydrogen-bond donors (Lipinski definition) is 2. The normalized spacial score (nSPS) is 10.2. The molecule has 0 aliphatic rings. The lowest BCUT2D eigenvalue weighted by atomic mass is 10.1. The van der Waals surface area contributed by atoms with Crippen LogP contribution in [-0.2, 0) is 0 Å². The number of anilines is 1. The predicted octanol–water partition coefficient (Wildman–Crippen LogP) is 0.931. The van der Waals surface area contributed by atoms with Gasteiger partial charge in [-0.3, -0.25) is 14.9 Å². The Kier molecular flexibility index (Phi) is 2.68. The Morgan fingerprint density at radius 2 is 1.94 bits per heavy atom. The van der Waals surface area contributed by atoms with Gasteiger partial charge in [0, 0.05) is 17.7 Å². The van der Waals surface area contributed by atoms with Crippen LogP contribution in [0.3, 0.4) is 0 Å². The molecular formula is C10H8N4O4. The van der Waals surface area contributed by atoms with Crippen molar-refractivity contribution in [3.8, 4) is 11.3 Å². The Morgan fingerprint density at radius 1 is 1.33 bits per heavy atom. The Labute approximate surface area is 100 Å². The first kappa shape index (κ1) is 11.6. The number of nitro benzene ring substituents is 1. The maximum atomic E-state index is 10.9. The lowest BCUT2D eigenvalue weighted by Crippen LogP contribution is -2.13. The third-order valence-corrected chi connectivity index (χ3v) is 2.30. The second-order valence-corrected chi connectivity index (χ2v) is 3.44. The Hall–Kier alpha value is -2.90. The van der Waals surface area contributed by atoms with Gasteiger partial charge in [0.25, 0.3) is 11.6 Å². The number of carbonyl (C=O) groups is 1. The van der Waals surface area contributed by atoms with Gasteiger partial charge in [0.2, 0.25) is 0 Å². The zero-order valence-corrected chi connectivity index (χ0v) is 8.99. The molecule has 0 saturated heterocycles. The van der Waals surface area contributed by atoms with Gasteiger partial charge in [0.05, 0.1) is 4.92 Å². The molecule has 2 rings (SSSR count). The van der Waals surface area contributed by atoms with Crippen LogP contribution in [0.25, 0.3) is 11.3 Å². The molecule has 2 aromatic rings. The maximum Gasteiger partial charge on any atom is 0.273 e. The van der Waals surface area contributed by atoms with E-state index in [1.807, 2.05) is 0 Å². The van der Waals surface area contributed by atoms with E-state index in [4.69, 9.17) is 16.0 Å². The number of benzene rings is 1. The first-order valence-corrected chi connectivity index (χ1v) is 4.80. The third-order valence-electron chi connectivity index (χ3n) is 2.30.